The smallest absolute Gasteiger partial charge is 0.264 e. The molecule has 0 atom stereocenters. The van der Waals surface area contributed by atoms with Crippen LogP contribution in [-0.2, 0) is 22.6 Å². The Labute approximate surface area is 134 Å². The number of rotatable bonds is 4. The molecule has 0 unspecified atom stereocenters. The fourth-order valence-electron chi connectivity index (χ4n) is 2.47. The van der Waals surface area contributed by atoms with Crippen LogP contribution in [-0.4, -0.2) is 25.5 Å². The average Bonchev–Trinajstić information content (AvgIpc) is 2.58. The number of hydrogen-bond acceptors (Lipinski definition) is 3. The lowest BCUT2D eigenvalue weighted by molar-refractivity contribution is -0.121. The maximum Gasteiger partial charge on any atom is 0.264 e. The van der Waals surface area contributed by atoms with Crippen molar-refractivity contribution in [1.29, 1.82) is 0 Å². The summed E-state index contributed by atoms with van der Waals surface area (Å²) in [4.78, 5) is 25.3. The van der Waals surface area contributed by atoms with Crippen molar-refractivity contribution >= 4 is 17.5 Å². The topological polar surface area (TPSA) is 58.6 Å². The second-order valence-corrected chi connectivity index (χ2v) is 5.48. The first kappa shape index (κ1) is 15.1. The van der Waals surface area contributed by atoms with Crippen LogP contribution in [0.2, 0.25) is 0 Å². The number of benzene rings is 2. The van der Waals surface area contributed by atoms with E-state index in [0.717, 1.165) is 11.1 Å². The minimum atomic E-state index is -0.0943. The van der Waals surface area contributed by atoms with Gasteiger partial charge in [0.15, 0.2) is 6.61 Å². The summed E-state index contributed by atoms with van der Waals surface area (Å²) >= 11 is 0. The van der Waals surface area contributed by atoms with E-state index in [4.69, 9.17) is 4.74 Å². The average molecular weight is 310 g/mol. The molecule has 2 aromatic carbocycles. The lowest BCUT2D eigenvalue weighted by atomic mass is 10.1. The fourth-order valence-corrected chi connectivity index (χ4v) is 2.47. The number of nitrogens with zero attached hydrogens (tertiary/aromatic N) is 1. The summed E-state index contributed by atoms with van der Waals surface area (Å²) in [5, 5.41) is 2.90. The van der Waals surface area contributed by atoms with E-state index >= 15 is 0 Å². The van der Waals surface area contributed by atoms with E-state index in [1.54, 1.807) is 18.0 Å². The number of fused-ring (bicyclic) bond motifs is 1. The second-order valence-electron chi connectivity index (χ2n) is 5.48. The van der Waals surface area contributed by atoms with Crippen molar-refractivity contribution in [1.82, 2.24) is 5.32 Å². The molecular weight excluding hydrogens is 292 g/mol. The molecule has 3 rings (SSSR count). The van der Waals surface area contributed by atoms with Crippen LogP contribution < -0.4 is 15.0 Å². The molecule has 0 aromatic heterocycles. The third-order valence-corrected chi connectivity index (χ3v) is 3.81. The van der Waals surface area contributed by atoms with Gasteiger partial charge in [-0.2, -0.15) is 0 Å². The van der Waals surface area contributed by atoms with E-state index in [1.807, 2.05) is 42.5 Å². The first-order chi connectivity index (χ1) is 11.1. The summed E-state index contributed by atoms with van der Waals surface area (Å²) < 4.78 is 5.38. The van der Waals surface area contributed by atoms with E-state index in [1.165, 1.54) is 0 Å². The lowest BCUT2D eigenvalue weighted by Crippen LogP contribution is -2.35. The normalized spacial score (nSPS) is 13.3. The number of hydrogen-bond donors (Lipinski definition) is 1. The van der Waals surface area contributed by atoms with Crippen LogP contribution in [0.15, 0.2) is 48.5 Å². The molecule has 1 N–H and O–H groups in total. The van der Waals surface area contributed by atoms with Gasteiger partial charge in [-0.3, -0.25) is 9.59 Å². The van der Waals surface area contributed by atoms with Crippen LogP contribution in [0.1, 0.15) is 11.1 Å². The van der Waals surface area contributed by atoms with Gasteiger partial charge in [0.05, 0.1) is 12.1 Å². The van der Waals surface area contributed by atoms with Crippen molar-refractivity contribution in [3.8, 4) is 5.75 Å². The van der Waals surface area contributed by atoms with Gasteiger partial charge in [0.25, 0.3) is 5.91 Å². The lowest BCUT2D eigenvalue weighted by Gasteiger charge is -2.26. The van der Waals surface area contributed by atoms with Crippen molar-refractivity contribution < 1.29 is 14.3 Å². The Kier molecular flexibility index (Phi) is 4.28. The monoisotopic (exact) mass is 310 g/mol. The highest BCUT2D eigenvalue weighted by atomic mass is 16.5. The largest absolute Gasteiger partial charge is 0.482 e. The van der Waals surface area contributed by atoms with Gasteiger partial charge < -0.3 is 15.0 Å². The van der Waals surface area contributed by atoms with Crippen LogP contribution in [0.25, 0.3) is 0 Å². The van der Waals surface area contributed by atoms with Crippen LogP contribution in [0.3, 0.4) is 0 Å². The van der Waals surface area contributed by atoms with E-state index in [2.05, 4.69) is 5.32 Å². The Hall–Kier alpha value is -2.82. The minimum absolute atomic E-state index is 0.0560. The van der Waals surface area contributed by atoms with Crippen LogP contribution in [0.4, 0.5) is 5.69 Å². The number of carbonyl (C=O) groups excluding carboxylic acids is 2. The number of likely N-dealkylation sites (N-methyl/N-ethyl adjacent to an activating group) is 1. The molecule has 0 saturated carbocycles. The molecule has 5 nitrogen and oxygen atoms in total. The molecule has 0 radical (unpaired) electrons. The van der Waals surface area contributed by atoms with Crippen LogP contribution >= 0.6 is 0 Å². The zero-order valence-corrected chi connectivity index (χ0v) is 12.9. The third kappa shape index (κ3) is 3.51. The summed E-state index contributed by atoms with van der Waals surface area (Å²) in [7, 11) is 1.71. The molecule has 1 aliphatic rings. The molecule has 0 aliphatic carbocycles. The standard InChI is InChI=1S/C18H18N2O3/c1-20-15-9-14(7-8-16(15)23-12-18(20)22)10-17(21)19-11-13-5-3-2-4-6-13/h2-9H,10-12H2,1H3,(H,19,21). The molecule has 23 heavy (non-hydrogen) atoms. The maximum atomic E-state index is 12.1. The van der Waals surface area contributed by atoms with Crippen molar-refractivity contribution in [3.63, 3.8) is 0 Å². The highest BCUT2D eigenvalue weighted by Gasteiger charge is 2.22. The molecule has 118 valence electrons. The highest BCUT2D eigenvalue weighted by molar-refractivity contribution is 5.97. The van der Waals surface area contributed by atoms with Gasteiger partial charge in [0, 0.05) is 13.6 Å². The number of anilines is 1. The molecule has 5 heteroatoms. The number of amides is 2. The van der Waals surface area contributed by atoms with Gasteiger partial charge in [-0.25, -0.2) is 0 Å². The first-order valence-corrected chi connectivity index (χ1v) is 7.46. The van der Waals surface area contributed by atoms with Gasteiger partial charge in [-0.1, -0.05) is 36.4 Å². The summed E-state index contributed by atoms with van der Waals surface area (Å²) in [6.07, 6.45) is 0.266. The quantitative estimate of drug-likeness (QED) is 0.938. The number of ether oxygens (including phenoxy) is 1. The predicted octanol–water partition coefficient (Wildman–Crippen LogP) is 1.90. The summed E-state index contributed by atoms with van der Waals surface area (Å²) in [6.45, 7) is 0.562. The Balaban J connectivity index is 1.64. The summed E-state index contributed by atoms with van der Waals surface area (Å²) in [5.41, 5.74) is 2.61. The Morgan fingerprint density at radius 1 is 1.17 bits per heavy atom. The van der Waals surface area contributed by atoms with Gasteiger partial charge in [0.1, 0.15) is 5.75 Å². The van der Waals surface area contributed by atoms with Crippen molar-refractivity contribution in [2.45, 2.75) is 13.0 Å². The van der Waals surface area contributed by atoms with E-state index in [9.17, 15) is 9.59 Å². The number of carbonyl (C=O) groups is 2. The second kappa shape index (κ2) is 6.52. The van der Waals surface area contributed by atoms with E-state index in [0.29, 0.717) is 18.0 Å². The van der Waals surface area contributed by atoms with Crippen molar-refractivity contribution in [2.24, 2.45) is 0 Å². The van der Waals surface area contributed by atoms with Crippen molar-refractivity contribution in [3.05, 3.63) is 59.7 Å². The molecule has 0 fully saturated rings. The van der Waals surface area contributed by atoms with Gasteiger partial charge in [-0.15, -0.1) is 0 Å². The van der Waals surface area contributed by atoms with Gasteiger partial charge >= 0.3 is 0 Å². The molecule has 2 aromatic rings. The SMILES string of the molecule is CN1C(=O)COc2ccc(CC(=O)NCc3ccccc3)cc21. The first-order valence-electron chi connectivity index (χ1n) is 7.46. The van der Waals surface area contributed by atoms with Crippen LogP contribution in [0.5, 0.6) is 5.75 Å². The summed E-state index contributed by atoms with van der Waals surface area (Å²) in [6, 6.07) is 15.2. The molecular formula is C18H18N2O3. The molecule has 1 aliphatic heterocycles. The maximum absolute atomic E-state index is 12.1. The summed E-state index contributed by atoms with van der Waals surface area (Å²) in [5.74, 6) is 0.517. The third-order valence-electron chi connectivity index (χ3n) is 3.81. The van der Waals surface area contributed by atoms with Gasteiger partial charge in [-0.05, 0) is 23.3 Å². The van der Waals surface area contributed by atoms with Gasteiger partial charge in [0.2, 0.25) is 5.91 Å². The molecule has 2 amide bonds. The Morgan fingerprint density at radius 2 is 1.96 bits per heavy atom. The Morgan fingerprint density at radius 3 is 2.74 bits per heavy atom. The zero-order valence-electron chi connectivity index (χ0n) is 12.9. The molecule has 0 saturated heterocycles. The fraction of sp³-hybridized carbons (Fsp3) is 0.222. The molecule has 1 heterocycles. The minimum Gasteiger partial charge on any atom is -0.482 e. The molecule has 0 bridgehead atoms. The zero-order chi connectivity index (χ0) is 16.2. The van der Waals surface area contributed by atoms with E-state index in [-0.39, 0.29) is 24.8 Å². The predicted molar refractivity (Wildman–Crippen MR) is 87.3 cm³/mol. The van der Waals surface area contributed by atoms with E-state index < -0.39 is 0 Å². The van der Waals surface area contributed by atoms with Crippen molar-refractivity contribution in [2.75, 3.05) is 18.6 Å². The van der Waals surface area contributed by atoms with Crippen LogP contribution in [0, 0.1) is 0 Å². The Bertz CT molecular complexity index is 728. The number of nitrogens with one attached hydrogen (secondary N) is 1. The molecule has 0 spiro atoms. The highest BCUT2D eigenvalue weighted by Crippen LogP contribution is 2.32.